The van der Waals surface area contributed by atoms with Crippen LogP contribution in [-0.4, -0.2) is 23.6 Å². The predicted octanol–water partition coefficient (Wildman–Crippen LogP) is 2.08. The summed E-state index contributed by atoms with van der Waals surface area (Å²) in [5.41, 5.74) is 1.07. The molecule has 2 unspecified atom stereocenters. The van der Waals surface area contributed by atoms with Crippen molar-refractivity contribution >= 4 is 24.8 Å². The first-order valence-electron chi connectivity index (χ1n) is 5.65. The van der Waals surface area contributed by atoms with Crippen molar-refractivity contribution in [2.75, 3.05) is 6.54 Å². The molecule has 17 heavy (non-hydrogen) atoms. The molecular weight excluding hydrogens is 234 g/mol. The van der Waals surface area contributed by atoms with Crippen LogP contribution in [0.25, 0.3) is 0 Å². The Labute approximate surface area is 106 Å². The van der Waals surface area contributed by atoms with Crippen LogP contribution in [0.3, 0.4) is 0 Å². The summed E-state index contributed by atoms with van der Waals surface area (Å²) in [6, 6.07) is 7.77. The average molecular weight is 249 g/mol. The minimum absolute atomic E-state index is 0.0152. The van der Waals surface area contributed by atoms with E-state index in [1.807, 2.05) is 31.2 Å². The van der Waals surface area contributed by atoms with Crippen LogP contribution >= 0.6 is 12.6 Å². The zero-order chi connectivity index (χ0) is 12.4. The van der Waals surface area contributed by atoms with Crippen LogP contribution in [0.4, 0.5) is 0 Å². The second-order valence-corrected chi connectivity index (χ2v) is 4.93. The van der Waals surface area contributed by atoms with Gasteiger partial charge in [-0.15, -0.1) is 12.6 Å². The number of carbonyl (C=O) groups excluding carboxylic acids is 2. The van der Waals surface area contributed by atoms with E-state index in [4.69, 9.17) is 0 Å². The predicted molar refractivity (Wildman–Crippen MR) is 68.0 cm³/mol. The molecule has 0 N–H and O–H groups in total. The van der Waals surface area contributed by atoms with Crippen LogP contribution in [0, 0.1) is 5.92 Å². The maximum absolute atomic E-state index is 11.8. The summed E-state index contributed by atoms with van der Waals surface area (Å²) in [5, 5.41) is 0. The highest BCUT2D eigenvalue weighted by atomic mass is 32.1. The van der Waals surface area contributed by atoms with E-state index in [2.05, 4.69) is 12.6 Å². The van der Waals surface area contributed by atoms with E-state index in [1.165, 1.54) is 0 Å². The van der Waals surface area contributed by atoms with Crippen LogP contribution in [0.5, 0.6) is 0 Å². The summed E-state index contributed by atoms with van der Waals surface area (Å²) in [4.78, 5) is 25.2. The lowest BCUT2D eigenvalue weighted by Gasteiger charge is -2.24. The largest absolute Gasteiger partial charge is 0.335 e. The molecule has 0 bridgehead atoms. The van der Waals surface area contributed by atoms with Crippen molar-refractivity contribution in [2.45, 2.75) is 24.3 Å². The number of hydrogen-bond donors (Lipinski definition) is 1. The minimum Gasteiger partial charge on any atom is -0.335 e. The van der Waals surface area contributed by atoms with E-state index in [0.29, 0.717) is 13.0 Å². The number of rotatable bonds is 3. The van der Waals surface area contributed by atoms with Crippen LogP contribution < -0.4 is 0 Å². The molecule has 2 rings (SSSR count). The van der Waals surface area contributed by atoms with Crippen molar-refractivity contribution < 1.29 is 9.59 Å². The molecule has 3 nitrogen and oxygen atoms in total. The van der Waals surface area contributed by atoms with Gasteiger partial charge in [-0.05, 0) is 24.6 Å². The monoisotopic (exact) mass is 249 g/mol. The van der Waals surface area contributed by atoms with Crippen molar-refractivity contribution in [3.63, 3.8) is 0 Å². The Kier molecular flexibility index (Phi) is 3.52. The maximum Gasteiger partial charge on any atom is 0.223 e. The van der Waals surface area contributed by atoms with E-state index in [9.17, 15) is 9.59 Å². The molecule has 1 aliphatic rings. The molecule has 0 saturated carbocycles. The normalized spacial score (nSPS) is 21.6. The molecule has 1 heterocycles. The minimum atomic E-state index is -0.144. The standard InChI is InChI=1S/C13H15NO2S/c1-9(11-2-4-12(17)5-3-11)14-7-10(8-15)6-13(14)16/h2-5,8-10,17H,6-7H2,1H3. The summed E-state index contributed by atoms with van der Waals surface area (Å²) in [6.07, 6.45) is 1.22. The highest BCUT2D eigenvalue weighted by molar-refractivity contribution is 7.80. The maximum atomic E-state index is 11.8. The van der Waals surface area contributed by atoms with Gasteiger partial charge in [0, 0.05) is 23.8 Å². The Bertz CT molecular complexity index is 430. The van der Waals surface area contributed by atoms with E-state index < -0.39 is 0 Å². The van der Waals surface area contributed by atoms with Gasteiger partial charge < -0.3 is 9.69 Å². The number of thiol groups is 1. The first kappa shape index (κ1) is 12.2. The molecule has 1 aromatic carbocycles. The fraction of sp³-hybridized carbons (Fsp3) is 0.385. The molecule has 0 aromatic heterocycles. The second-order valence-electron chi connectivity index (χ2n) is 4.41. The number of amides is 1. The summed E-state index contributed by atoms with van der Waals surface area (Å²) >= 11 is 4.23. The first-order chi connectivity index (χ1) is 8.11. The molecule has 1 fully saturated rings. The van der Waals surface area contributed by atoms with Gasteiger partial charge in [-0.3, -0.25) is 4.79 Å². The molecule has 1 aromatic rings. The van der Waals surface area contributed by atoms with Gasteiger partial charge in [0.15, 0.2) is 0 Å². The summed E-state index contributed by atoms with van der Waals surface area (Å²) < 4.78 is 0. The molecule has 1 amide bonds. The zero-order valence-corrected chi connectivity index (χ0v) is 10.6. The number of likely N-dealkylation sites (tertiary alicyclic amines) is 1. The van der Waals surface area contributed by atoms with Gasteiger partial charge in [0.1, 0.15) is 6.29 Å². The first-order valence-corrected chi connectivity index (χ1v) is 6.10. The third-order valence-electron chi connectivity index (χ3n) is 3.22. The Hall–Kier alpha value is -1.29. The van der Waals surface area contributed by atoms with Crippen molar-refractivity contribution in [3.8, 4) is 0 Å². The Balaban J connectivity index is 2.15. The van der Waals surface area contributed by atoms with Gasteiger partial charge in [-0.1, -0.05) is 12.1 Å². The SMILES string of the molecule is CC(c1ccc(S)cc1)N1CC(C=O)CC1=O. The Morgan fingerprint density at radius 2 is 2.06 bits per heavy atom. The van der Waals surface area contributed by atoms with Gasteiger partial charge in [-0.25, -0.2) is 0 Å². The van der Waals surface area contributed by atoms with Crippen LogP contribution in [0.2, 0.25) is 0 Å². The van der Waals surface area contributed by atoms with Gasteiger partial charge >= 0.3 is 0 Å². The lowest BCUT2D eigenvalue weighted by atomic mass is 10.1. The van der Waals surface area contributed by atoms with E-state index in [-0.39, 0.29) is 17.9 Å². The summed E-state index contributed by atoms with van der Waals surface area (Å²) in [6.45, 7) is 2.52. The lowest BCUT2D eigenvalue weighted by Crippen LogP contribution is -2.28. The van der Waals surface area contributed by atoms with Crippen molar-refractivity contribution in [1.82, 2.24) is 4.90 Å². The lowest BCUT2D eigenvalue weighted by molar-refractivity contribution is -0.129. The topological polar surface area (TPSA) is 37.4 Å². The number of benzene rings is 1. The second kappa shape index (κ2) is 4.92. The number of hydrogen-bond acceptors (Lipinski definition) is 3. The molecule has 2 atom stereocenters. The smallest absolute Gasteiger partial charge is 0.223 e. The van der Waals surface area contributed by atoms with Crippen LogP contribution in [-0.2, 0) is 9.59 Å². The Morgan fingerprint density at radius 1 is 1.41 bits per heavy atom. The molecule has 4 heteroatoms. The average Bonchev–Trinajstić information content (AvgIpc) is 2.71. The molecule has 1 aliphatic heterocycles. The zero-order valence-electron chi connectivity index (χ0n) is 9.67. The van der Waals surface area contributed by atoms with Crippen molar-refractivity contribution in [3.05, 3.63) is 29.8 Å². The third kappa shape index (κ3) is 2.52. The molecule has 0 spiro atoms. The van der Waals surface area contributed by atoms with E-state index >= 15 is 0 Å². The number of aldehydes is 1. The van der Waals surface area contributed by atoms with Crippen LogP contribution in [0.15, 0.2) is 29.2 Å². The molecule has 0 radical (unpaired) electrons. The summed E-state index contributed by atoms with van der Waals surface area (Å²) in [5.74, 6) is -0.0846. The van der Waals surface area contributed by atoms with Gasteiger partial charge in [0.2, 0.25) is 5.91 Å². The quantitative estimate of drug-likeness (QED) is 0.658. The number of nitrogens with zero attached hydrogens (tertiary/aromatic N) is 1. The molecular formula is C13H15NO2S. The highest BCUT2D eigenvalue weighted by Gasteiger charge is 2.32. The third-order valence-corrected chi connectivity index (χ3v) is 3.52. The molecule has 1 saturated heterocycles. The highest BCUT2D eigenvalue weighted by Crippen LogP contribution is 2.28. The fourth-order valence-corrected chi connectivity index (χ4v) is 2.31. The van der Waals surface area contributed by atoms with Crippen molar-refractivity contribution in [1.29, 1.82) is 0 Å². The number of carbonyl (C=O) groups is 2. The fourth-order valence-electron chi connectivity index (χ4n) is 2.16. The van der Waals surface area contributed by atoms with Gasteiger partial charge in [0.05, 0.1) is 6.04 Å². The Morgan fingerprint density at radius 3 is 2.59 bits per heavy atom. The van der Waals surface area contributed by atoms with E-state index in [1.54, 1.807) is 4.90 Å². The van der Waals surface area contributed by atoms with E-state index in [0.717, 1.165) is 16.7 Å². The molecule has 90 valence electrons. The van der Waals surface area contributed by atoms with Crippen molar-refractivity contribution in [2.24, 2.45) is 5.92 Å². The molecule has 0 aliphatic carbocycles. The summed E-state index contributed by atoms with van der Waals surface area (Å²) in [7, 11) is 0. The van der Waals surface area contributed by atoms with Crippen LogP contribution in [0.1, 0.15) is 24.9 Å². The van der Waals surface area contributed by atoms with Gasteiger partial charge in [0.25, 0.3) is 0 Å². The van der Waals surface area contributed by atoms with Gasteiger partial charge in [-0.2, -0.15) is 0 Å².